The number of nitrogens with zero attached hydrogens (tertiary/aromatic N) is 3. The average Bonchev–Trinajstić information content (AvgIpc) is 3.80. The van der Waals surface area contributed by atoms with Gasteiger partial charge in [-0.1, -0.05) is 95.9 Å². The zero-order valence-electron chi connectivity index (χ0n) is 46.1. The van der Waals surface area contributed by atoms with Crippen LogP contribution in [0.4, 0.5) is 4.39 Å². The van der Waals surface area contributed by atoms with Gasteiger partial charge >= 0.3 is 20.1 Å². The molecule has 0 radical (unpaired) electrons. The van der Waals surface area contributed by atoms with Gasteiger partial charge in [-0.25, -0.2) is 4.39 Å². The summed E-state index contributed by atoms with van der Waals surface area (Å²) in [6, 6.07) is 47.4. The maximum Gasteiger partial charge on any atom is 3.00 e. The van der Waals surface area contributed by atoms with E-state index in [2.05, 4.69) is 33.2 Å². The quantitative estimate of drug-likeness (QED) is 0.108. The topological polar surface area (TPSA) is 51.8 Å². The number of benzene rings is 6. The third-order valence-electron chi connectivity index (χ3n) is 10.0. The molecule has 63 heavy (non-hydrogen) atoms. The van der Waals surface area contributed by atoms with Gasteiger partial charge in [0.2, 0.25) is 0 Å². The van der Waals surface area contributed by atoms with Crippen LogP contribution < -0.4 is 0 Å². The van der Waals surface area contributed by atoms with E-state index in [1.165, 1.54) is 42.5 Å². The van der Waals surface area contributed by atoms with Crippen LogP contribution in [0.15, 0.2) is 181 Å². The van der Waals surface area contributed by atoms with Gasteiger partial charge in [0.1, 0.15) is 11.4 Å². The fourth-order valence-corrected chi connectivity index (χ4v) is 7.02. The van der Waals surface area contributed by atoms with Gasteiger partial charge in [0.25, 0.3) is 0 Å². The molecule has 0 saturated heterocycles. The Bertz CT molecular complexity index is 3610. The normalized spacial score (nSPS) is 15.6. The predicted octanol–water partition coefficient (Wildman–Crippen LogP) is 13.3. The number of furan rings is 1. The second-order valence-electron chi connectivity index (χ2n) is 14.2. The minimum absolute atomic E-state index is 0. The molecule has 6 heteroatoms. The number of hydrogen-bond donors (Lipinski definition) is 0. The summed E-state index contributed by atoms with van der Waals surface area (Å²) < 4.78 is 143. The van der Waals surface area contributed by atoms with Crippen LogP contribution in [0.1, 0.15) is 51.2 Å². The zero-order valence-corrected chi connectivity index (χ0v) is 35.5. The first-order valence-electron chi connectivity index (χ1n) is 26.2. The summed E-state index contributed by atoms with van der Waals surface area (Å²) >= 11 is 0. The molecule has 0 bridgehead atoms. The second kappa shape index (κ2) is 19.0. The maximum atomic E-state index is 15.7. The molecule has 0 aliphatic heterocycles. The zero-order chi connectivity index (χ0) is 53.3. The number of halogens is 1. The smallest absolute Gasteiger partial charge is 0.500 e. The fourth-order valence-electron chi connectivity index (χ4n) is 7.02. The van der Waals surface area contributed by atoms with Gasteiger partial charge in [0.15, 0.2) is 0 Å². The summed E-state index contributed by atoms with van der Waals surface area (Å²) in [5.74, 6) is -0.769. The van der Waals surface area contributed by atoms with Crippen molar-refractivity contribution in [3.8, 4) is 44.9 Å². The first-order chi connectivity index (χ1) is 35.6. The average molecular weight is 1010 g/mol. The van der Waals surface area contributed by atoms with Crippen LogP contribution in [0.25, 0.3) is 66.8 Å². The molecular formula is C57H41FIrN3O. The van der Waals surface area contributed by atoms with Gasteiger partial charge in [-0.3, -0.25) is 0 Å². The predicted molar refractivity (Wildman–Crippen MR) is 247 cm³/mol. The van der Waals surface area contributed by atoms with Crippen molar-refractivity contribution in [2.45, 2.75) is 38.2 Å². The minimum Gasteiger partial charge on any atom is -0.500 e. The molecule has 0 saturated carbocycles. The first kappa shape index (κ1) is 28.7. The number of aromatic nitrogens is 3. The molecule has 4 aromatic heterocycles. The maximum absolute atomic E-state index is 15.7. The van der Waals surface area contributed by atoms with Crippen LogP contribution in [0.3, 0.4) is 0 Å². The number of rotatable bonds is 13. The van der Waals surface area contributed by atoms with Crippen LogP contribution in [0.2, 0.25) is 0 Å². The van der Waals surface area contributed by atoms with Crippen molar-refractivity contribution < 1.29 is 46.7 Å². The molecule has 0 unspecified atom stereocenters. The van der Waals surface area contributed by atoms with Gasteiger partial charge in [-0.2, -0.15) is 0 Å². The third-order valence-corrected chi connectivity index (χ3v) is 10.0. The Kier molecular flexibility index (Phi) is 8.67. The minimum atomic E-state index is -3.17. The Morgan fingerprint density at radius 1 is 0.492 bits per heavy atom. The summed E-state index contributed by atoms with van der Waals surface area (Å²) in [7, 11) is 0. The van der Waals surface area contributed by atoms with E-state index in [9.17, 15) is 16.4 Å². The van der Waals surface area contributed by atoms with Gasteiger partial charge in [-0.15, -0.1) is 90.0 Å². The van der Waals surface area contributed by atoms with E-state index in [4.69, 9.17) is 5.79 Å². The van der Waals surface area contributed by atoms with E-state index in [1.54, 1.807) is 91.0 Å². The molecule has 4 heterocycles. The molecule has 10 aromatic rings. The Balaban J connectivity index is 0.00000706. The van der Waals surface area contributed by atoms with Gasteiger partial charge in [0.05, 0.1) is 12.5 Å². The van der Waals surface area contributed by atoms with Gasteiger partial charge < -0.3 is 19.4 Å². The standard InChI is InChI=1S/C57H41FN3O.Ir/c58-51-29-28-49-48-17-10-18-50(56(48)62-57(49)55(51)47-15-8-3-9-16-47)54-32-27-41(38-61-54)21-24-44-34-42(22-19-39-25-30-52(59-36-39)45-11-4-1-5-12-45)33-43(35-44)23-20-40-26-31-53(60-37-40)46-13-6-2-7-14-46;/h1-11,13,15-17,25-38H,19-24H2;/q-3;+3/i19D2,20D2,21D2,22D2,23D2,24D2,29D;. The van der Waals surface area contributed by atoms with Gasteiger partial charge in [-0.05, 0) is 106 Å². The first-order valence-corrected chi connectivity index (χ1v) is 19.7. The molecule has 0 spiro atoms. The van der Waals surface area contributed by atoms with Crippen molar-refractivity contribution in [2.24, 2.45) is 0 Å². The van der Waals surface area contributed by atoms with E-state index in [0.717, 1.165) is 36.8 Å². The fraction of sp³-hybridized carbons (Fsp3) is 0.105. The third kappa shape index (κ3) is 9.34. The van der Waals surface area contributed by atoms with Gasteiger partial charge in [0, 0.05) is 40.4 Å². The van der Waals surface area contributed by atoms with Crippen molar-refractivity contribution in [1.82, 2.24) is 15.0 Å². The van der Waals surface area contributed by atoms with E-state index >= 15 is 4.39 Å². The number of aryl methyl sites for hydroxylation is 6. The molecule has 0 aliphatic rings. The van der Waals surface area contributed by atoms with E-state index in [0.29, 0.717) is 44.4 Å². The Hall–Kier alpha value is -6.85. The van der Waals surface area contributed by atoms with E-state index in [-0.39, 0.29) is 65.3 Å². The van der Waals surface area contributed by atoms with Crippen molar-refractivity contribution >= 4 is 21.9 Å². The largest absolute Gasteiger partial charge is 3.00 e. The second-order valence-corrected chi connectivity index (χ2v) is 14.2. The molecule has 10 rings (SSSR count). The van der Waals surface area contributed by atoms with Crippen LogP contribution in [0.5, 0.6) is 0 Å². The molecular weight excluding hydrogens is 954 g/mol. The molecule has 6 aromatic carbocycles. The number of pyridine rings is 3. The molecule has 0 aliphatic carbocycles. The summed E-state index contributed by atoms with van der Waals surface area (Å²) in [4.78, 5) is 13.2. The molecule has 4 nitrogen and oxygen atoms in total. The van der Waals surface area contributed by atoms with Crippen LogP contribution in [-0.4, -0.2) is 15.0 Å². The van der Waals surface area contributed by atoms with E-state index < -0.39 is 60.7 Å². The Morgan fingerprint density at radius 3 is 1.48 bits per heavy atom. The van der Waals surface area contributed by atoms with Crippen molar-refractivity contribution in [3.63, 3.8) is 0 Å². The van der Waals surface area contributed by atoms with Crippen LogP contribution in [-0.2, 0) is 58.3 Å². The number of hydrogen-bond acceptors (Lipinski definition) is 4. The Morgan fingerprint density at radius 2 is 0.984 bits per heavy atom. The summed E-state index contributed by atoms with van der Waals surface area (Å²) in [5.41, 5.74) is 1.06. The number of fused-ring (bicyclic) bond motifs is 3. The summed E-state index contributed by atoms with van der Waals surface area (Å²) in [6.07, 6.45) is -14.9. The van der Waals surface area contributed by atoms with Crippen molar-refractivity contribution in [2.75, 3.05) is 0 Å². The monoisotopic (exact) mass is 1010 g/mol. The molecule has 0 N–H and O–H groups in total. The van der Waals surface area contributed by atoms with Crippen LogP contribution in [0, 0.1) is 24.0 Å². The molecule has 0 fully saturated rings. The Labute approximate surface area is 399 Å². The van der Waals surface area contributed by atoms with Crippen molar-refractivity contribution in [3.05, 3.63) is 234 Å². The summed E-state index contributed by atoms with van der Waals surface area (Å²) in [5, 5.41) is 1.00. The van der Waals surface area contributed by atoms with Crippen molar-refractivity contribution in [1.29, 1.82) is 0 Å². The molecule has 0 atom stereocenters. The SMILES string of the molecule is [2H]c1cc2c(oc3c(-c4ccc(C([2H])([2H])C([2H])([2H])c5cc(C([2H])([2H])C([2H])([2H])c6ccc(-c7[c-]cccc7)nc6)cc(C([2H])([2H])C([2H])([2H])c6ccc(-c7[c-]cccc7)nc6)c5)cn4)[c-]ccc32)c(-c2ccccc2)c1F.[Ir+3]. The molecule has 0 amide bonds. The van der Waals surface area contributed by atoms with Crippen LogP contribution >= 0.6 is 0 Å². The molecule has 306 valence electrons. The van der Waals surface area contributed by atoms with E-state index in [1.807, 2.05) is 0 Å². The summed E-state index contributed by atoms with van der Waals surface area (Å²) in [6.45, 7) is 0.